The maximum absolute atomic E-state index is 12.7. The SMILES string of the molecule is Cc1nn(CC(=O)N[C@H]2CCO[C@H](CN3CCOCC3)[C@H]2O)c(=O)c2ccccc12. The monoisotopic (exact) mass is 416 g/mol. The Morgan fingerprint density at radius 3 is 2.73 bits per heavy atom. The summed E-state index contributed by atoms with van der Waals surface area (Å²) in [5.74, 6) is -0.352. The molecule has 0 spiro atoms. The lowest BCUT2D eigenvalue weighted by atomic mass is 9.99. The van der Waals surface area contributed by atoms with Crippen LogP contribution in [0.4, 0.5) is 0 Å². The molecule has 0 bridgehead atoms. The number of amides is 1. The number of morpholine rings is 1. The number of hydrogen-bond acceptors (Lipinski definition) is 7. The molecule has 2 saturated heterocycles. The van der Waals surface area contributed by atoms with Crippen LogP contribution in [0.5, 0.6) is 0 Å². The molecule has 1 amide bonds. The van der Waals surface area contributed by atoms with E-state index in [-0.39, 0.29) is 24.1 Å². The van der Waals surface area contributed by atoms with Crippen molar-refractivity contribution in [3.8, 4) is 0 Å². The Morgan fingerprint density at radius 2 is 1.97 bits per heavy atom. The van der Waals surface area contributed by atoms with Crippen molar-refractivity contribution in [1.29, 1.82) is 0 Å². The molecule has 30 heavy (non-hydrogen) atoms. The molecule has 2 aromatic rings. The lowest BCUT2D eigenvalue weighted by Gasteiger charge is -2.38. The first-order valence-electron chi connectivity index (χ1n) is 10.4. The molecule has 2 aliphatic rings. The van der Waals surface area contributed by atoms with E-state index >= 15 is 0 Å². The molecule has 4 rings (SSSR count). The summed E-state index contributed by atoms with van der Waals surface area (Å²) in [6.45, 7) is 5.65. The van der Waals surface area contributed by atoms with Crippen LogP contribution in [-0.2, 0) is 20.8 Å². The third-order valence-corrected chi connectivity index (χ3v) is 5.79. The highest BCUT2D eigenvalue weighted by atomic mass is 16.5. The van der Waals surface area contributed by atoms with Crippen molar-refractivity contribution in [2.24, 2.45) is 0 Å². The van der Waals surface area contributed by atoms with Gasteiger partial charge in [0.15, 0.2) is 0 Å². The standard InChI is InChI=1S/C21H28N4O5/c1-14-15-4-2-3-5-16(15)21(28)25(23-14)13-19(26)22-17-6-9-30-18(20(17)27)12-24-7-10-29-11-8-24/h2-5,17-18,20,27H,6-13H2,1H3,(H,22,26)/t17-,18+,20-/m0/s1. The van der Waals surface area contributed by atoms with Crippen LogP contribution in [0.3, 0.4) is 0 Å². The van der Waals surface area contributed by atoms with Gasteiger partial charge < -0.3 is 19.9 Å². The van der Waals surface area contributed by atoms with Gasteiger partial charge in [-0.2, -0.15) is 5.10 Å². The average Bonchev–Trinajstić information content (AvgIpc) is 2.75. The molecule has 0 unspecified atom stereocenters. The van der Waals surface area contributed by atoms with Crippen molar-refractivity contribution in [2.45, 2.75) is 38.1 Å². The van der Waals surface area contributed by atoms with Crippen molar-refractivity contribution >= 4 is 16.7 Å². The summed E-state index contributed by atoms with van der Waals surface area (Å²) in [5, 5.41) is 19.2. The third-order valence-electron chi connectivity index (χ3n) is 5.79. The minimum atomic E-state index is -0.812. The lowest BCUT2D eigenvalue weighted by molar-refractivity contribution is -0.131. The highest BCUT2D eigenvalue weighted by Gasteiger charge is 2.35. The lowest BCUT2D eigenvalue weighted by Crippen LogP contribution is -2.57. The Morgan fingerprint density at radius 1 is 1.23 bits per heavy atom. The van der Waals surface area contributed by atoms with Crippen LogP contribution in [-0.4, -0.2) is 83.4 Å². The summed E-state index contributed by atoms with van der Waals surface area (Å²) < 4.78 is 12.3. The Labute approximate surface area is 174 Å². The number of carbonyl (C=O) groups is 1. The maximum Gasteiger partial charge on any atom is 0.275 e. The average molecular weight is 416 g/mol. The Bertz CT molecular complexity index is 956. The number of nitrogens with one attached hydrogen (secondary N) is 1. The highest BCUT2D eigenvalue weighted by molar-refractivity contribution is 5.83. The number of aryl methyl sites for hydroxylation is 1. The highest BCUT2D eigenvalue weighted by Crippen LogP contribution is 2.17. The zero-order chi connectivity index (χ0) is 21.1. The van der Waals surface area contributed by atoms with E-state index in [1.165, 1.54) is 4.68 Å². The summed E-state index contributed by atoms with van der Waals surface area (Å²) >= 11 is 0. The molecule has 0 saturated carbocycles. The molecule has 2 fully saturated rings. The van der Waals surface area contributed by atoms with Gasteiger partial charge in [-0.05, 0) is 19.4 Å². The molecule has 1 aromatic heterocycles. The van der Waals surface area contributed by atoms with Crippen molar-refractivity contribution in [2.75, 3.05) is 39.5 Å². The van der Waals surface area contributed by atoms with Gasteiger partial charge in [0, 0.05) is 31.6 Å². The van der Waals surface area contributed by atoms with Gasteiger partial charge in [-0.3, -0.25) is 14.5 Å². The van der Waals surface area contributed by atoms with Gasteiger partial charge in [-0.25, -0.2) is 4.68 Å². The predicted molar refractivity (Wildman–Crippen MR) is 110 cm³/mol. The normalized spacial score (nSPS) is 25.3. The number of aliphatic hydroxyl groups is 1. The van der Waals surface area contributed by atoms with E-state index in [0.717, 1.165) is 18.5 Å². The van der Waals surface area contributed by atoms with E-state index in [1.807, 2.05) is 19.1 Å². The van der Waals surface area contributed by atoms with Gasteiger partial charge in [0.1, 0.15) is 12.6 Å². The number of hydrogen-bond donors (Lipinski definition) is 2. The fourth-order valence-corrected chi connectivity index (χ4v) is 4.13. The van der Waals surface area contributed by atoms with E-state index in [0.29, 0.717) is 43.9 Å². The van der Waals surface area contributed by atoms with Crippen LogP contribution in [0, 0.1) is 6.92 Å². The topological polar surface area (TPSA) is 106 Å². The number of ether oxygens (including phenoxy) is 2. The van der Waals surface area contributed by atoms with Crippen molar-refractivity contribution < 1.29 is 19.4 Å². The number of aliphatic hydroxyl groups excluding tert-OH is 1. The molecule has 9 heteroatoms. The first-order chi connectivity index (χ1) is 14.5. The Hall–Kier alpha value is -2.33. The van der Waals surface area contributed by atoms with Crippen molar-refractivity contribution in [3.05, 3.63) is 40.3 Å². The van der Waals surface area contributed by atoms with Gasteiger partial charge in [0.05, 0.1) is 36.4 Å². The molecule has 3 atom stereocenters. The van der Waals surface area contributed by atoms with Gasteiger partial charge in [0.25, 0.3) is 5.56 Å². The largest absolute Gasteiger partial charge is 0.388 e. The van der Waals surface area contributed by atoms with E-state index in [2.05, 4.69) is 15.3 Å². The molecule has 0 aliphatic carbocycles. The Kier molecular flexibility index (Phi) is 6.43. The zero-order valence-electron chi connectivity index (χ0n) is 17.1. The second kappa shape index (κ2) is 9.22. The molecule has 2 N–H and O–H groups in total. The molecule has 0 radical (unpaired) electrons. The number of nitrogens with zero attached hydrogens (tertiary/aromatic N) is 3. The predicted octanol–water partition coefficient (Wildman–Crippen LogP) is -0.328. The number of carbonyl (C=O) groups excluding carboxylic acids is 1. The van der Waals surface area contributed by atoms with Crippen LogP contribution >= 0.6 is 0 Å². The van der Waals surface area contributed by atoms with Crippen molar-refractivity contribution in [3.63, 3.8) is 0 Å². The molecule has 9 nitrogen and oxygen atoms in total. The second-order valence-corrected chi connectivity index (χ2v) is 7.87. The second-order valence-electron chi connectivity index (χ2n) is 7.87. The van der Waals surface area contributed by atoms with Crippen LogP contribution in [0.15, 0.2) is 29.1 Å². The summed E-state index contributed by atoms with van der Waals surface area (Å²) in [5.41, 5.74) is 0.388. The van der Waals surface area contributed by atoms with E-state index in [4.69, 9.17) is 9.47 Å². The third kappa shape index (κ3) is 4.54. The fraction of sp³-hybridized carbons (Fsp3) is 0.571. The first-order valence-corrected chi connectivity index (χ1v) is 10.4. The number of rotatable bonds is 5. The van der Waals surface area contributed by atoms with E-state index in [9.17, 15) is 14.7 Å². The van der Waals surface area contributed by atoms with Gasteiger partial charge in [0.2, 0.25) is 5.91 Å². The fourth-order valence-electron chi connectivity index (χ4n) is 4.13. The van der Waals surface area contributed by atoms with Gasteiger partial charge >= 0.3 is 0 Å². The first kappa shape index (κ1) is 20.9. The molecule has 3 heterocycles. The molecule has 1 aromatic carbocycles. The number of aromatic nitrogens is 2. The molecule has 162 valence electrons. The summed E-state index contributed by atoms with van der Waals surface area (Å²) in [6.07, 6.45) is -0.662. The summed E-state index contributed by atoms with van der Waals surface area (Å²) in [6, 6.07) is 6.80. The van der Waals surface area contributed by atoms with Gasteiger partial charge in [-0.1, -0.05) is 18.2 Å². The number of benzene rings is 1. The number of fused-ring (bicyclic) bond motifs is 1. The van der Waals surface area contributed by atoms with Crippen LogP contribution < -0.4 is 10.9 Å². The molecular formula is C21H28N4O5. The summed E-state index contributed by atoms with van der Waals surface area (Å²) in [7, 11) is 0. The van der Waals surface area contributed by atoms with Crippen LogP contribution in [0.2, 0.25) is 0 Å². The minimum absolute atomic E-state index is 0.192. The molecule has 2 aliphatic heterocycles. The van der Waals surface area contributed by atoms with Crippen LogP contribution in [0.1, 0.15) is 12.1 Å². The Balaban J connectivity index is 1.40. The van der Waals surface area contributed by atoms with E-state index in [1.54, 1.807) is 12.1 Å². The summed E-state index contributed by atoms with van der Waals surface area (Å²) in [4.78, 5) is 27.5. The quantitative estimate of drug-likeness (QED) is 0.688. The van der Waals surface area contributed by atoms with Gasteiger partial charge in [-0.15, -0.1) is 0 Å². The smallest absolute Gasteiger partial charge is 0.275 e. The molecular weight excluding hydrogens is 388 g/mol. The zero-order valence-corrected chi connectivity index (χ0v) is 17.1. The van der Waals surface area contributed by atoms with E-state index < -0.39 is 12.1 Å². The van der Waals surface area contributed by atoms with Crippen LogP contribution in [0.25, 0.3) is 10.8 Å². The maximum atomic E-state index is 12.7. The minimum Gasteiger partial charge on any atom is -0.388 e. The van der Waals surface area contributed by atoms with Crippen molar-refractivity contribution in [1.82, 2.24) is 20.0 Å².